The van der Waals surface area contributed by atoms with Crippen molar-refractivity contribution < 1.29 is 23.5 Å². The first-order valence-corrected chi connectivity index (χ1v) is 11.1. The van der Waals surface area contributed by atoms with E-state index in [0.717, 1.165) is 23.1 Å². The number of imide groups is 1. The smallest absolute Gasteiger partial charge is 0.293 e. The molecule has 0 spiro atoms. The van der Waals surface area contributed by atoms with Crippen LogP contribution in [0.2, 0.25) is 5.02 Å². The number of nitrogens with zero attached hydrogens (tertiary/aromatic N) is 1. The average molecular weight is 464 g/mol. The van der Waals surface area contributed by atoms with E-state index in [1.54, 1.807) is 24.3 Å². The van der Waals surface area contributed by atoms with Gasteiger partial charge in [-0.05, 0) is 67.9 Å². The molecule has 0 aliphatic carbocycles. The summed E-state index contributed by atoms with van der Waals surface area (Å²) in [6, 6.07) is 9.58. The predicted octanol–water partition coefficient (Wildman–Crippen LogP) is 6.29. The first kappa shape index (κ1) is 23.2. The minimum Gasteiger partial charge on any atom is -0.490 e. The van der Waals surface area contributed by atoms with Crippen LogP contribution in [0.1, 0.15) is 38.3 Å². The summed E-state index contributed by atoms with van der Waals surface area (Å²) in [5, 5.41) is -0.307. The van der Waals surface area contributed by atoms with Crippen LogP contribution in [0.15, 0.2) is 41.3 Å². The Labute approximate surface area is 190 Å². The van der Waals surface area contributed by atoms with Gasteiger partial charge in [-0.3, -0.25) is 14.5 Å². The second kappa shape index (κ2) is 10.2. The van der Waals surface area contributed by atoms with Crippen molar-refractivity contribution in [2.24, 2.45) is 0 Å². The second-order valence-electron chi connectivity index (χ2n) is 6.94. The second-order valence-corrected chi connectivity index (χ2v) is 8.34. The predicted molar refractivity (Wildman–Crippen MR) is 121 cm³/mol. The quantitative estimate of drug-likeness (QED) is 0.430. The molecule has 164 valence electrons. The van der Waals surface area contributed by atoms with E-state index >= 15 is 0 Å². The summed E-state index contributed by atoms with van der Waals surface area (Å²) in [4.78, 5) is 26.4. The van der Waals surface area contributed by atoms with Gasteiger partial charge >= 0.3 is 0 Å². The highest BCUT2D eigenvalue weighted by atomic mass is 35.5. The fourth-order valence-electron chi connectivity index (χ4n) is 2.91. The van der Waals surface area contributed by atoms with Crippen LogP contribution in [-0.2, 0) is 11.3 Å². The molecule has 2 amide bonds. The maximum atomic E-state index is 14.1. The number of benzene rings is 2. The molecule has 2 aromatic rings. The van der Waals surface area contributed by atoms with Crippen molar-refractivity contribution in [2.45, 2.75) is 39.8 Å². The lowest BCUT2D eigenvalue weighted by molar-refractivity contribution is -0.123. The van der Waals surface area contributed by atoms with Crippen LogP contribution < -0.4 is 9.47 Å². The summed E-state index contributed by atoms with van der Waals surface area (Å²) < 4.78 is 25.7. The molecule has 2 aromatic carbocycles. The zero-order valence-corrected chi connectivity index (χ0v) is 19.1. The van der Waals surface area contributed by atoms with Crippen LogP contribution in [0.4, 0.5) is 9.18 Å². The number of amides is 2. The monoisotopic (exact) mass is 463 g/mol. The number of ether oxygens (including phenoxy) is 2. The van der Waals surface area contributed by atoms with Gasteiger partial charge in [0.2, 0.25) is 0 Å². The van der Waals surface area contributed by atoms with E-state index in [0.29, 0.717) is 23.7 Å². The molecule has 1 heterocycles. The van der Waals surface area contributed by atoms with Crippen molar-refractivity contribution in [2.75, 3.05) is 6.61 Å². The van der Waals surface area contributed by atoms with Gasteiger partial charge in [0.25, 0.3) is 11.1 Å². The van der Waals surface area contributed by atoms with Crippen molar-refractivity contribution >= 4 is 40.6 Å². The third kappa shape index (κ3) is 5.40. The molecule has 5 nitrogen and oxygen atoms in total. The molecule has 0 N–H and O–H groups in total. The molecular formula is C23H23ClFNO4S. The largest absolute Gasteiger partial charge is 0.490 e. The number of halogens is 2. The molecule has 1 atom stereocenters. The van der Waals surface area contributed by atoms with Crippen molar-refractivity contribution in [3.8, 4) is 11.5 Å². The lowest BCUT2D eigenvalue weighted by Crippen LogP contribution is -2.28. The molecule has 0 saturated carbocycles. The minimum absolute atomic E-state index is 0.0340. The summed E-state index contributed by atoms with van der Waals surface area (Å²) in [6.45, 7) is 6.12. The molecule has 0 aromatic heterocycles. The number of carbonyl (C=O) groups is 2. The molecule has 1 aliphatic heterocycles. The van der Waals surface area contributed by atoms with E-state index in [-0.39, 0.29) is 28.1 Å². The summed E-state index contributed by atoms with van der Waals surface area (Å²) in [5.41, 5.74) is 0.798. The fourth-order valence-corrected chi connectivity index (χ4v) is 3.97. The Morgan fingerprint density at radius 1 is 1.19 bits per heavy atom. The van der Waals surface area contributed by atoms with E-state index < -0.39 is 17.0 Å². The number of hydrogen-bond donors (Lipinski definition) is 0. The Kier molecular flexibility index (Phi) is 7.62. The van der Waals surface area contributed by atoms with Crippen molar-refractivity contribution in [1.29, 1.82) is 0 Å². The van der Waals surface area contributed by atoms with Crippen LogP contribution in [0.5, 0.6) is 11.5 Å². The fraction of sp³-hybridized carbons (Fsp3) is 0.304. The SMILES string of the molecule is CCOc1cc(/C=C2/SC(=O)N(Cc3c(F)cccc3Cl)C2=O)ccc1O[C@@H](C)CC. The van der Waals surface area contributed by atoms with E-state index in [1.165, 1.54) is 18.2 Å². The Morgan fingerprint density at radius 2 is 1.97 bits per heavy atom. The highest BCUT2D eigenvalue weighted by molar-refractivity contribution is 8.18. The van der Waals surface area contributed by atoms with Crippen molar-refractivity contribution in [1.82, 2.24) is 4.90 Å². The highest BCUT2D eigenvalue weighted by Crippen LogP contribution is 2.36. The lowest BCUT2D eigenvalue weighted by atomic mass is 10.1. The molecule has 1 saturated heterocycles. The van der Waals surface area contributed by atoms with Gasteiger partial charge in [0.15, 0.2) is 11.5 Å². The summed E-state index contributed by atoms with van der Waals surface area (Å²) >= 11 is 6.85. The Morgan fingerprint density at radius 3 is 2.65 bits per heavy atom. The number of carbonyl (C=O) groups excluding carboxylic acids is 2. The first-order valence-electron chi connectivity index (χ1n) is 9.95. The van der Waals surface area contributed by atoms with E-state index in [2.05, 4.69) is 0 Å². The summed E-state index contributed by atoms with van der Waals surface area (Å²) in [7, 11) is 0. The van der Waals surface area contributed by atoms with Crippen molar-refractivity contribution in [3.05, 3.63) is 63.3 Å². The van der Waals surface area contributed by atoms with Gasteiger partial charge in [-0.2, -0.15) is 0 Å². The van der Waals surface area contributed by atoms with Gasteiger partial charge in [-0.1, -0.05) is 30.7 Å². The highest BCUT2D eigenvalue weighted by Gasteiger charge is 2.36. The van der Waals surface area contributed by atoms with E-state index in [4.69, 9.17) is 21.1 Å². The first-order chi connectivity index (χ1) is 14.8. The van der Waals surface area contributed by atoms with E-state index in [1.807, 2.05) is 20.8 Å². The van der Waals surface area contributed by atoms with Gasteiger partial charge in [-0.15, -0.1) is 0 Å². The molecule has 31 heavy (non-hydrogen) atoms. The number of hydrogen-bond acceptors (Lipinski definition) is 5. The number of thioether (sulfide) groups is 1. The van der Waals surface area contributed by atoms with Gasteiger partial charge in [0.1, 0.15) is 5.82 Å². The van der Waals surface area contributed by atoms with Crippen LogP contribution in [-0.4, -0.2) is 28.8 Å². The topological polar surface area (TPSA) is 55.8 Å². The minimum atomic E-state index is -0.561. The van der Waals surface area contributed by atoms with Gasteiger partial charge in [0.05, 0.1) is 24.2 Å². The Hall–Kier alpha value is -2.51. The Bertz CT molecular complexity index is 1010. The molecule has 0 bridgehead atoms. The standard InChI is InChI=1S/C23H23ClFNO4S/c1-4-14(3)30-19-10-9-15(11-20(19)29-5-2)12-21-22(27)26(23(28)31-21)13-16-17(24)7-6-8-18(16)25/h6-12,14H,4-5,13H2,1-3H3/b21-12+/t14-/m0/s1. The maximum absolute atomic E-state index is 14.1. The maximum Gasteiger partial charge on any atom is 0.293 e. The molecule has 1 aliphatic rings. The molecule has 1 fully saturated rings. The third-order valence-corrected chi connectivity index (χ3v) is 5.98. The van der Waals surface area contributed by atoms with Gasteiger partial charge < -0.3 is 9.47 Å². The normalized spacial score (nSPS) is 16.2. The summed E-state index contributed by atoms with van der Waals surface area (Å²) in [6.07, 6.45) is 2.50. The van der Waals surface area contributed by atoms with Crippen LogP contribution in [0.3, 0.4) is 0 Å². The molecule has 8 heteroatoms. The van der Waals surface area contributed by atoms with E-state index in [9.17, 15) is 14.0 Å². The Balaban J connectivity index is 1.84. The van der Waals surface area contributed by atoms with Crippen LogP contribution >= 0.6 is 23.4 Å². The third-order valence-electron chi connectivity index (χ3n) is 4.72. The van der Waals surface area contributed by atoms with Crippen molar-refractivity contribution in [3.63, 3.8) is 0 Å². The summed E-state index contributed by atoms with van der Waals surface area (Å²) in [5.74, 6) is 0.130. The van der Waals surface area contributed by atoms with Crippen LogP contribution in [0, 0.1) is 5.82 Å². The zero-order chi connectivity index (χ0) is 22.5. The molecular weight excluding hydrogens is 441 g/mol. The number of rotatable bonds is 8. The molecule has 3 rings (SSSR count). The average Bonchev–Trinajstić information content (AvgIpc) is 2.99. The molecule has 0 radical (unpaired) electrons. The molecule has 0 unspecified atom stereocenters. The van der Waals surface area contributed by atoms with Gasteiger partial charge in [0, 0.05) is 10.6 Å². The lowest BCUT2D eigenvalue weighted by Gasteiger charge is -2.16. The van der Waals surface area contributed by atoms with Crippen LogP contribution in [0.25, 0.3) is 6.08 Å². The van der Waals surface area contributed by atoms with Gasteiger partial charge in [-0.25, -0.2) is 4.39 Å². The zero-order valence-electron chi connectivity index (χ0n) is 17.5.